The van der Waals surface area contributed by atoms with Gasteiger partial charge in [-0.05, 0) is 11.0 Å². The van der Waals surface area contributed by atoms with E-state index >= 15 is 0 Å². The number of benzene rings is 1. The molecule has 1 heteroatoms. The minimum absolute atomic E-state index is 0.173. The summed E-state index contributed by atoms with van der Waals surface area (Å²) in [5.41, 5.74) is 0.699. The standard InChI is InChI=1S/C14H16P/c1-12(2)15(14-10-6-7-11-14)13-8-4-3-5-9-13/h3-12H,1-2H3/q-1. The first-order chi connectivity index (χ1) is 7.29. The van der Waals surface area contributed by atoms with Crippen LogP contribution in [0.3, 0.4) is 0 Å². The molecule has 2 rings (SSSR count). The summed E-state index contributed by atoms with van der Waals surface area (Å²) < 4.78 is 0. The van der Waals surface area contributed by atoms with Crippen molar-refractivity contribution in [3.8, 4) is 0 Å². The molecule has 0 saturated carbocycles. The van der Waals surface area contributed by atoms with Crippen LogP contribution in [0.2, 0.25) is 0 Å². The zero-order valence-electron chi connectivity index (χ0n) is 9.22. The Balaban J connectivity index is 2.37. The Kier molecular flexibility index (Phi) is 3.28. The van der Waals surface area contributed by atoms with E-state index in [2.05, 4.69) is 68.4 Å². The highest BCUT2D eigenvalue weighted by atomic mass is 31.1. The summed E-state index contributed by atoms with van der Waals surface area (Å²) in [6.45, 7) is 4.62. The molecule has 0 nitrogen and oxygen atoms in total. The predicted molar refractivity (Wildman–Crippen MR) is 69.8 cm³/mol. The molecule has 0 N–H and O–H groups in total. The molecule has 0 aromatic heterocycles. The molecule has 78 valence electrons. The summed E-state index contributed by atoms with van der Waals surface area (Å²) >= 11 is 0. The third kappa shape index (κ3) is 2.33. The molecule has 0 radical (unpaired) electrons. The molecule has 2 aromatic carbocycles. The van der Waals surface area contributed by atoms with E-state index in [1.54, 1.807) is 0 Å². The molecule has 0 fully saturated rings. The molecule has 0 aliphatic carbocycles. The van der Waals surface area contributed by atoms with Gasteiger partial charge in [0.2, 0.25) is 0 Å². The lowest BCUT2D eigenvalue weighted by atomic mass is 10.4. The molecule has 2 aromatic rings. The molecule has 1 atom stereocenters. The number of rotatable bonds is 3. The van der Waals surface area contributed by atoms with E-state index in [-0.39, 0.29) is 7.92 Å². The third-order valence-electron chi connectivity index (χ3n) is 2.47. The Labute approximate surface area is 93.1 Å². The molecule has 0 bridgehead atoms. The summed E-state index contributed by atoms with van der Waals surface area (Å²) in [7, 11) is -0.173. The number of hydrogen-bond donors (Lipinski definition) is 0. The van der Waals surface area contributed by atoms with E-state index in [4.69, 9.17) is 0 Å². The predicted octanol–water partition coefficient (Wildman–Crippen LogP) is 3.25. The van der Waals surface area contributed by atoms with E-state index in [1.165, 1.54) is 10.6 Å². The van der Waals surface area contributed by atoms with Gasteiger partial charge in [0.15, 0.2) is 0 Å². The number of hydrogen-bond acceptors (Lipinski definition) is 0. The molecule has 0 heterocycles. The fraction of sp³-hybridized carbons (Fsp3) is 0.214. The van der Waals surface area contributed by atoms with Crippen LogP contribution in [-0.2, 0) is 0 Å². The van der Waals surface area contributed by atoms with Crippen LogP contribution >= 0.6 is 7.92 Å². The monoisotopic (exact) mass is 215 g/mol. The van der Waals surface area contributed by atoms with Gasteiger partial charge in [0.05, 0.1) is 0 Å². The highest BCUT2D eigenvalue weighted by Crippen LogP contribution is 2.38. The molecule has 15 heavy (non-hydrogen) atoms. The Morgan fingerprint density at radius 3 is 2.27 bits per heavy atom. The Bertz CT molecular complexity index is 387. The van der Waals surface area contributed by atoms with Gasteiger partial charge >= 0.3 is 0 Å². The van der Waals surface area contributed by atoms with Crippen LogP contribution in [0.5, 0.6) is 0 Å². The Morgan fingerprint density at radius 1 is 1.00 bits per heavy atom. The SMILES string of the molecule is CC(C)P(c1ccccc1)c1cc[cH-]c1. The first-order valence-electron chi connectivity index (χ1n) is 5.35. The Morgan fingerprint density at radius 2 is 1.73 bits per heavy atom. The maximum Gasteiger partial charge on any atom is -0.0299 e. The van der Waals surface area contributed by atoms with Gasteiger partial charge in [-0.3, -0.25) is 0 Å². The lowest BCUT2D eigenvalue weighted by Crippen LogP contribution is -2.16. The van der Waals surface area contributed by atoms with Crippen LogP contribution in [0, 0.1) is 0 Å². The van der Waals surface area contributed by atoms with Crippen LogP contribution in [0.4, 0.5) is 0 Å². The van der Waals surface area contributed by atoms with Crippen LogP contribution < -0.4 is 10.6 Å². The maximum absolute atomic E-state index is 2.31. The normalized spacial score (nSPS) is 13.0. The summed E-state index contributed by atoms with van der Waals surface area (Å²) in [5, 5.41) is 2.97. The molecule has 0 aliphatic heterocycles. The fourth-order valence-electron chi connectivity index (χ4n) is 1.86. The van der Waals surface area contributed by atoms with Gasteiger partial charge in [-0.15, -0.1) is 7.92 Å². The highest BCUT2D eigenvalue weighted by Gasteiger charge is 2.11. The van der Waals surface area contributed by atoms with E-state index in [0.717, 1.165) is 0 Å². The molecular formula is C14H16P-. The van der Waals surface area contributed by atoms with E-state index in [0.29, 0.717) is 5.66 Å². The maximum atomic E-state index is 2.31. The van der Waals surface area contributed by atoms with Gasteiger partial charge in [0.1, 0.15) is 0 Å². The zero-order chi connectivity index (χ0) is 10.7. The van der Waals surface area contributed by atoms with Crippen molar-refractivity contribution in [2.75, 3.05) is 0 Å². The van der Waals surface area contributed by atoms with Gasteiger partial charge in [0, 0.05) is 0 Å². The van der Waals surface area contributed by atoms with Crippen molar-refractivity contribution in [3.63, 3.8) is 0 Å². The molecule has 0 aliphatic rings. The highest BCUT2D eigenvalue weighted by molar-refractivity contribution is 7.73. The third-order valence-corrected chi connectivity index (χ3v) is 5.22. The zero-order valence-corrected chi connectivity index (χ0v) is 10.1. The first kappa shape index (κ1) is 10.5. The van der Waals surface area contributed by atoms with Gasteiger partial charge in [-0.2, -0.15) is 23.5 Å². The van der Waals surface area contributed by atoms with Crippen molar-refractivity contribution in [1.29, 1.82) is 0 Å². The second kappa shape index (κ2) is 4.68. The van der Waals surface area contributed by atoms with Gasteiger partial charge < -0.3 is 0 Å². The van der Waals surface area contributed by atoms with Crippen molar-refractivity contribution < 1.29 is 0 Å². The lowest BCUT2D eigenvalue weighted by Gasteiger charge is -2.26. The summed E-state index contributed by atoms with van der Waals surface area (Å²) in [6.07, 6.45) is 0. The first-order valence-corrected chi connectivity index (χ1v) is 6.76. The van der Waals surface area contributed by atoms with Crippen molar-refractivity contribution in [3.05, 3.63) is 54.6 Å². The Hall–Kier alpha value is -1.00. The molecule has 0 saturated heterocycles. The minimum Gasteiger partial charge on any atom is -0.206 e. The van der Waals surface area contributed by atoms with E-state index < -0.39 is 0 Å². The van der Waals surface area contributed by atoms with Crippen LogP contribution in [-0.4, -0.2) is 5.66 Å². The fourth-order valence-corrected chi connectivity index (χ4v) is 4.34. The average Bonchev–Trinajstić information content (AvgIpc) is 2.72. The molecule has 1 unspecified atom stereocenters. The lowest BCUT2D eigenvalue weighted by molar-refractivity contribution is 1.10. The van der Waals surface area contributed by atoms with E-state index in [9.17, 15) is 0 Å². The molecule has 0 amide bonds. The second-order valence-corrected chi connectivity index (χ2v) is 6.75. The second-order valence-electron chi connectivity index (χ2n) is 3.94. The molecule has 0 spiro atoms. The van der Waals surface area contributed by atoms with Crippen molar-refractivity contribution in [2.45, 2.75) is 19.5 Å². The minimum atomic E-state index is -0.173. The molecular weight excluding hydrogens is 199 g/mol. The van der Waals surface area contributed by atoms with Crippen molar-refractivity contribution in [1.82, 2.24) is 0 Å². The average molecular weight is 215 g/mol. The summed E-state index contributed by atoms with van der Waals surface area (Å²) in [6, 6.07) is 19.6. The van der Waals surface area contributed by atoms with Gasteiger partial charge in [0.25, 0.3) is 0 Å². The quantitative estimate of drug-likeness (QED) is 0.544. The van der Waals surface area contributed by atoms with Gasteiger partial charge in [-0.25, -0.2) is 6.07 Å². The van der Waals surface area contributed by atoms with Crippen LogP contribution in [0.25, 0.3) is 0 Å². The smallest absolute Gasteiger partial charge is 0.0299 e. The van der Waals surface area contributed by atoms with Gasteiger partial charge in [-0.1, -0.05) is 44.2 Å². The van der Waals surface area contributed by atoms with Crippen LogP contribution in [0.1, 0.15) is 13.8 Å². The topological polar surface area (TPSA) is 0 Å². The summed E-state index contributed by atoms with van der Waals surface area (Å²) in [5.74, 6) is 0. The largest absolute Gasteiger partial charge is 0.206 e. The summed E-state index contributed by atoms with van der Waals surface area (Å²) in [4.78, 5) is 0. The van der Waals surface area contributed by atoms with Crippen molar-refractivity contribution >= 4 is 18.5 Å². The van der Waals surface area contributed by atoms with E-state index in [1.807, 2.05) is 0 Å². The van der Waals surface area contributed by atoms with Crippen molar-refractivity contribution in [2.24, 2.45) is 0 Å². The van der Waals surface area contributed by atoms with Crippen LogP contribution in [0.15, 0.2) is 54.6 Å².